The van der Waals surface area contributed by atoms with Gasteiger partial charge in [-0.1, -0.05) is 35.9 Å². The quantitative estimate of drug-likeness (QED) is 0.629. The highest BCUT2D eigenvalue weighted by atomic mass is 32.2. The lowest BCUT2D eigenvalue weighted by Gasteiger charge is -2.09. The first kappa shape index (κ1) is 18.9. The van der Waals surface area contributed by atoms with Crippen molar-refractivity contribution in [3.8, 4) is 11.1 Å². The van der Waals surface area contributed by atoms with Crippen molar-refractivity contribution in [1.82, 2.24) is 4.72 Å². The highest BCUT2D eigenvalue weighted by Gasteiger charge is 2.28. The SMILES string of the molecule is Cc1ccc(-c2ccsc2C(=O)Nc2cccc(S(=O)(=O)NC3CC3)c2)cc1. The summed E-state index contributed by atoms with van der Waals surface area (Å²) in [7, 11) is -3.56. The van der Waals surface area contributed by atoms with E-state index in [1.54, 1.807) is 12.1 Å². The van der Waals surface area contributed by atoms with Gasteiger partial charge in [-0.2, -0.15) is 0 Å². The van der Waals surface area contributed by atoms with Gasteiger partial charge < -0.3 is 5.32 Å². The molecule has 0 atom stereocenters. The predicted octanol–water partition coefficient (Wildman–Crippen LogP) is 4.42. The molecule has 2 N–H and O–H groups in total. The molecule has 0 radical (unpaired) electrons. The lowest BCUT2D eigenvalue weighted by Crippen LogP contribution is -2.25. The Labute approximate surface area is 168 Å². The van der Waals surface area contributed by atoms with Crippen LogP contribution in [0.3, 0.4) is 0 Å². The van der Waals surface area contributed by atoms with Gasteiger partial charge >= 0.3 is 0 Å². The van der Waals surface area contributed by atoms with Gasteiger partial charge in [0.25, 0.3) is 5.91 Å². The second-order valence-corrected chi connectivity index (χ2v) is 9.54. The van der Waals surface area contributed by atoms with Crippen LogP contribution in [0.5, 0.6) is 0 Å². The van der Waals surface area contributed by atoms with Crippen LogP contribution in [0.25, 0.3) is 11.1 Å². The number of sulfonamides is 1. The fourth-order valence-corrected chi connectivity index (χ4v) is 5.02. The number of thiophene rings is 1. The Morgan fingerprint density at radius 2 is 1.82 bits per heavy atom. The van der Waals surface area contributed by atoms with E-state index in [4.69, 9.17) is 0 Å². The number of hydrogen-bond acceptors (Lipinski definition) is 4. The minimum atomic E-state index is -3.56. The van der Waals surface area contributed by atoms with Crippen molar-refractivity contribution in [2.24, 2.45) is 0 Å². The van der Waals surface area contributed by atoms with Crippen molar-refractivity contribution >= 4 is 33.0 Å². The predicted molar refractivity (Wildman–Crippen MR) is 112 cm³/mol. The third-order valence-corrected chi connectivity index (χ3v) is 6.97. The second-order valence-electron chi connectivity index (χ2n) is 6.91. The van der Waals surface area contributed by atoms with E-state index in [1.165, 1.54) is 23.5 Å². The summed E-state index contributed by atoms with van der Waals surface area (Å²) in [6.07, 6.45) is 1.74. The summed E-state index contributed by atoms with van der Waals surface area (Å²) in [6, 6.07) is 16.3. The monoisotopic (exact) mass is 412 g/mol. The molecule has 0 saturated heterocycles. The molecule has 1 amide bonds. The fourth-order valence-electron chi connectivity index (χ4n) is 2.86. The summed E-state index contributed by atoms with van der Waals surface area (Å²) in [5.41, 5.74) is 3.44. The van der Waals surface area contributed by atoms with Crippen LogP contribution in [0.4, 0.5) is 5.69 Å². The summed E-state index contributed by atoms with van der Waals surface area (Å²) in [5, 5.41) is 4.71. The van der Waals surface area contributed by atoms with Crippen molar-refractivity contribution < 1.29 is 13.2 Å². The molecular weight excluding hydrogens is 392 g/mol. The van der Waals surface area contributed by atoms with Crippen LogP contribution in [0.15, 0.2) is 64.9 Å². The molecule has 5 nitrogen and oxygen atoms in total. The van der Waals surface area contributed by atoms with E-state index in [0.717, 1.165) is 29.5 Å². The van der Waals surface area contributed by atoms with E-state index in [2.05, 4.69) is 10.0 Å². The van der Waals surface area contributed by atoms with Crippen LogP contribution >= 0.6 is 11.3 Å². The van der Waals surface area contributed by atoms with Crippen molar-refractivity contribution in [3.05, 3.63) is 70.4 Å². The number of nitrogens with one attached hydrogen (secondary N) is 2. The maximum atomic E-state index is 12.8. The van der Waals surface area contributed by atoms with Gasteiger partial charge in [0.15, 0.2) is 0 Å². The van der Waals surface area contributed by atoms with Gasteiger partial charge in [-0.05, 0) is 55.0 Å². The largest absolute Gasteiger partial charge is 0.321 e. The van der Waals surface area contributed by atoms with Crippen molar-refractivity contribution in [1.29, 1.82) is 0 Å². The number of amides is 1. The van der Waals surface area contributed by atoms with E-state index in [1.807, 2.05) is 42.6 Å². The molecule has 2 aromatic carbocycles. The van der Waals surface area contributed by atoms with Crippen LogP contribution in [-0.4, -0.2) is 20.4 Å². The van der Waals surface area contributed by atoms with Crippen LogP contribution in [0, 0.1) is 6.92 Å². The Balaban J connectivity index is 1.56. The van der Waals surface area contributed by atoms with Gasteiger partial charge in [-0.3, -0.25) is 4.79 Å². The van der Waals surface area contributed by atoms with Gasteiger partial charge in [0.1, 0.15) is 0 Å². The standard InChI is InChI=1S/C21H20N2O3S2/c1-14-5-7-15(8-6-14)19-11-12-27-20(19)21(24)22-17-3-2-4-18(13-17)28(25,26)23-16-9-10-16/h2-8,11-13,16,23H,9-10H2,1H3,(H,22,24). The van der Waals surface area contributed by atoms with Gasteiger partial charge in [-0.15, -0.1) is 11.3 Å². The third kappa shape index (κ3) is 4.16. The van der Waals surface area contributed by atoms with Crippen molar-refractivity contribution in [2.45, 2.75) is 30.7 Å². The van der Waals surface area contributed by atoms with Gasteiger partial charge in [0.05, 0.1) is 9.77 Å². The molecule has 0 aliphatic heterocycles. The van der Waals surface area contributed by atoms with Crippen molar-refractivity contribution in [3.63, 3.8) is 0 Å². The molecule has 0 unspecified atom stereocenters. The zero-order valence-corrected chi connectivity index (χ0v) is 16.9. The lowest BCUT2D eigenvalue weighted by molar-refractivity contribution is 0.103. The summed E-state index contributed by atoms with van der Waals surface area (Å²) in [5.74, 6) is -0.254. The number of rotatable bonds is 6. The normalized spacial score (nSPS) is 14.0. The molecule has 0 bridgehead atoms. The molecule has 3 aromatic rings. The minimum Gasteiger partial charge on any atom is -0.321 e. The molecule has 1 heterocycles. The Hall–Kier alpha value is -2.48. The summed E-state index contributed by atoms with van der Waals surface area (Å²) in [4.78, 5) is 13.6. The highest BCUT2D eigenvalue weighted by molar-refractivity contribution is 7.89. The Morgan fingerprint density at radius 3 is 2.54 bits per heavy atom. The molecule has 1 aliphatic carbocycles. The lowest BCUT2D eigenvalue weighted by atomic mass is 10.0. The zero-order chi connectivity index (χ0) is 19.7. The Bertz CT molecular complexity index is 1110. The highest BCUT2D eigenvalue weighted by Crippen LogP contribution is 2.30. The summed E-state index contributed by atoms with van der Waals surface area (Å²) in [6.45, 7) is 2.02. The number of aryl methyl sites for hydroxylation is 1. The minimum absolute atomic E-state index is 0.0337. The van der Waals surface area contributed by atoms with E-state index >= 15 is 0 Å². The molecule has 7 heteroatoms. The van der Waals surface area contributed by atoms with E-state index in [-0.39, 0.29) is 16.8 Å². The number of anilines is 1. The first-order valence-corrected chi connectivity index (χ1v) is 11.4. The smallest absolute Gasteiger partial charge is 0.266 e. The second kappa shape index (κ2) is 7.50. The number of benzene rings is 2. The molecule has 28 heavy (non-hydrogen) atoms. The molecule has 4 rings (SSSR count). The van der Waals surface area contributed by atoms with Crippen LogP contribution < -0.4 is 10.0 Å². The molecular formula is C21H20N2O3S2. The fraction of sp³-hybridized carbons (Fsp3) is 0.190. The molecule has 144 valence electrons. The molecule has 1 aliphatic rings. The number of carbonyl (C=O) groups excluding carboxylic acids is 1. The van der Waals surface area contributed by atoms with E-state index < -0.39 is 10.0 Å². The van der Waals surface area contributed by atoms with Gasteiger partial charge in [-0.25, -0.2) is 13.1 Å². The number of hydrogen-bond donors (Lipinski definition) is 2. The molecule has 1 fully saturated rings. The van der Waals surface area contributed by atoms with Crippen LogP contribution in [0.2, 0.25) is 0 Å². The topological polar surface area (TPSA) is 75.3 Å². The van der Waals surface area contributed by atoms with Crippen molar-refractivity contribution in [2.75, 3.05) is 5.32 Å². The van der Waals surface area contributed by atoms with Gasteiger partial charge in [0, 0.05) is 17.3 Å². The van der Waals surface area contributed by atoms with Crippen LogP contribution in [0.1, 0.15) is 28.1 Å². The third-order valence-electron chi connectivity index (χ3n) is 4.54. The number of carbonyl (C=O) groups is 1. The average Bonchev–Trinajstić information content (AvgIpc) is 3.33. The first-order chi connectivity index (χ1) is 13.4. The zero-order valence-electron chi connectivity index (χ0n) is 15.3. The molecule has 1 saturated carbocycles. The van der Waals surface area contributed by atoms with E-state index in [9.17, 15) is 13.2 Å². The average molecular weight is 413 g/mol. The first-order valence-electron chi connectivity index (χ1n) is 9.01. The van der Waals surface area contributed by atoms with Crippen LogP contribution in [-0.2, 0) is 10.0 Å². The van der Waals surface area contributed by atoms with Gasteiger partial charge in [0.2, 0.25) is 10.0 Å². The molecule has 1 aromatic heterocycles. The summed E-state index contributed by atoms with van der Waals surface area (Å²) < 4.78 is 27.4. The Kier molecular flexibility index (Phi) is 5.05. The maximum Gasteiger partial charge on any atom is 0.266 e. The molecule has 0 spiro atoms. The van der Waals surface area contributed by atoms with E-state index in [0.29, 0.717) is 10.6 Å². The summed E-state index contributed by atoms with van der Waals surface area (Å²) >= 11 is 1.36. The Morgan fingerprint density at radius 1 is 1.07 bits per heavy atom. The maximum absolute atomic E-state index is 12.8.